The quantitative estimate of drug-likeness (QED) is 0.735. The molecule has 0 amide bonds. The van der Waals surface area contributed by atoms with Crippen molar-refractivity contribution >= 4 is 34.4 Å². The van der Waals surface area contributed by atoms with Crippen LogP contribution in [0.3, 0.4) is 0 Å². The first-order valence-electron chi connectivity index (χ1n) is 6.16. The third-order valence-electron chi connectivity index (χ3n) is 3.14. The third kappa shape index (κ3) is 2.28. The molecule has 0 aliphatic carbocycles. The van der Waals surface area contributed by atoms with Crippen molar-refractivity contribution in [1.82, 2.24) is 9.55 Å². The first-order valence-corrected chi connectivity index (χ1v) is 7.76. The fourth-order valence-corrected chi connectivity index (χ4v) is 2.97. The van der Waals surface area contributed by atoms with Gasteiger partial charge in [-0.25, -0.2) is 4.98 Å². The zero-order valence-corrected chi connectivity index (χ0v) is 12.6. The molecule has 3 aromatic rings. The monoisotopic (exact) mass is 318 g/mol. The maximum Gasteiger partial charge on any atom is 0.274 e. The standard InChI is InChI=1S/C15H11ClN2O2S/c1-21-13-12(19)11-6-3-7-17-14(11)18(15(13)20)10-5-2-4-9(16)8-10/h2-8,19H,1H3. The van der Waals surface area contributed by atoms with Crippen LogP contribution in [0.5, 0.6) is 5.75 Å². The van der Waals surface area contributed by atoms with Crippen LogP contribution < -0.4 is 5.56 Å². The van der Waals surface area contributed by atoms with E-state index in [1.807, 2.05) is 0 Å². The van der Waals surface area contributed by atoms with Gasteiger partial charge in [-0.2, -0.15) is 0 Å². The Hall–Kier alpha value is -1.98. The number of halogens is 1. The highest BCUT2D eigenvalue weighted by Crippen LogP contribution is 2.31. The number of hydrogen-bond donors (Lipinski definition) is 1. The topological polar surface area (TPSA) is 55.1 Å². The summed E-state index contributed by atoms with van der Waals surface area (Å²) in [6, 6.07) is 10.4. The van der Waals surface area contributed by atoms with Crippen LogP contribution >= 0.6 is 23.4 Å². The highest BCUT2D eigenvalue weighted by atomic mass is 35.5. The summed E-state index contributed by atoms with van der Waals surface area (Å²) in [6.07, 6.45) is 3.34. The molecule has 106 valence electrons. The smallest absolute Gasteiger partial charge is 0.274 e. The minimum absolute atomic E-state index is 0.0334. The second kappa shape index (κ2) is 5.42. The van der Waals surface area contributed by atoms with Gasteiger partial charge < -0.3 is 5.11 Å². The maximum absolute atomic E-state index is 12.6. The molecule has 0 aliphatic heterocycles. The Morgan fingerprint density at radius 1 is 1.29 bits per heavy atom. The fourth-order valence-electron chi connectivity index (χ4n) is 2.22. The Morgan fingerprint density at radius 2 is 2.10 bits per heavy atom. The van der Waals surface area contributed by atoms with Crippen LogP contribution in [-0.2, 0) is 0 Å². The summed E-state index contributed by atoms with van der Waals surface area (Å²) in [5, 5.41) is 11.3. The lowest BCUT2D eigenvalue weighted by molar-refractivity contribution is 0.466. The molecular weight excluding hydrogens is 308 g/mol. The van der Waals surface area contributed by atoms with Gasteiger partial charge >= 0.3 is 0 Å². The van der Waals surface area contributed by atoms with Crippen molar-refractivity contribution in [2.24, 2.45) is 0 Å². The lowest BCUT2D eigenvalue weighted by atomic mass is 10.2. The molecule has 0 spiro atoms. The molecular formula is C15H11ClN2O2S. The van der Waals surface area contributed by atoms with Crippen LogP contribution in [0.4, 0.5) is 0 Å². The Balaban J connectivity index is 2.50. The van der Waals surface area contributed by atoms with Gasteiger partial charge in [0.25, 0.3) is 5.56 Å². The number of hydrogen-bond acceptors (Lipinski definition) is 4. The third-order valence-corrected chi connectivity index (χ3v) is 4.15. The van der Waals surface area contributed by atoms with Crippen LogP contribution in [0, 0.1) is 0 Å². The van der Waals surface area contributed by atoms with E-state index in [1.54, 1.807) is 48.9 Å². The molecule has 21 heavy (non-hydrogen) atoms. The second-order valence-electron chi connectivity index (χ2n) is 4.38. The van der Waals surface area contributed by atoms with Gasteiger partial charge in [0.15, 0.2) is 5.65 Å². The van der Waals surface area contributed by atoms with Crippen LogP contribution in [0.15, 0.2) is 52.3 Å². The van der Waals surface area contributed by atoms with Crippen molar-refractivity contribution < 1.29 is 5.11 Å². The molecule has 2 heterocycles. The van der Waals surface area contributed by atoms with Crippen LogP contribution in [0.2, 0.25) is 5.02 Å². The van der Waals surface area contributed by atoms with E-state index < -0.39 is 0 Å². The van der Waals surface area contributed by atoms with Crippen molar-refractivity contribution in [2.45, 2.75) is 4.90 Å². The zero-order chi connectivity index (χ0) is 15.0. The van der Waals surface area contributed by atoms with Gasteiger partial charge in [-0.3, -0.25) is 9.36 Å². The van der Waals surface area contributed by atoms with Crippen molar-refractivity contribution in [3.63, 3.8) is 0 Å². The molecule has 3 rings (SSSR count). The average molecular weight is 319 g/mol. The molecule has 0 saturated carbocycles. The van der Waals surface area contributed by atoms with Crippen molar-refractivity contribution in [3.05, 3.63) is 58.0 Å². The summed E-state index contributed by atoms with van der Waals surface area (Å²) in [4.78, 5) is 17.2. The first-order chi connectivity index (χ1) is 10.1. The molecule has 0 atom stereocenters. The van der Waals surface area contributed by atoms with Gasteiger partial charge in [-0.05, 0) is 36.6 Å². The highest BCUT2D eigenvalue weighted by Gasteiger charge is 2.17. The van der Waals surface area contributed by atoms with Gasteiger partial charge in [0, 0.05) is 11.2 Å². The molecule has 0 radical (unpaired) electrons. The van der Waals surface area contributed by atoms with Crippen LogP contribution in [-0.4, -0.2) is 20.9 Å². The molecule has 0 aliphatic rings. The number of pyridine rings is 2. The normalized spacial score (nSPS) is 11.0. The predicted molar refractivity (Wildman–Crippen MR) is 85.8 cm³/mol. The van der Waals surface area contributed by atoms with Crippen LogP contribution in [0.25, 0.3) is 16.7 Å². The van der Waals surface area contributed by atoms with Gasteiger partial charge in [0.05, 0.1) is 11.1 Å². The number of thioether (sulfide) groups is 1. The Bertz CT molecular complexity index is 892. The number of fused-ring (bicyclic) bond motifs is 1. The average Bonchev–Trinajstić information content (AvgIpc) is 2.48. The Morgan fingerprint density at radius 3 is 2.81 bits per heavy atom. The largest absolute Gasteiger partial charge is 0.506 e. The summed E-state index contributed by atoms with van der Waals surface area (Å²) in [5.74, 6) is -0.0334. The maximum atomic E-state index is 12.6. The molecule has 1 N–H and O–H groups in total. The van der Waals surface area contributed by atoms with E-state index in [0.717, 1.165) is 0 Å². The summed E-state index contributed by atoms with van der Waals surface area (Å²) in [6.45, 7) is 0. The summed E-state index contributed by atoms with van der Waals surface area (Å²) < 4.78 is 1.47. The van der Waals surface area contributed by atoms with E-state index in [4.69, 9.17) is 11.6 Å². The number of rotatable bonds is 2. The van der Waals surface area contributed by atoms with Gasteiger partial charge in [0.1, 0.15) is 10.6 Å². The van der Waals surface area contributed by atoms with E-state index in [0.29, 0.717) is 21.7 Å². The molecule has 0 fully saturated rings. The molecule has 0 bridgehead atoms. The fraction of sp³-hybridized carbons (Fsp3) is 0.0667. The molecule has 1 aromatic carbocycles. The molecule has 4 nitrogen and oxygen atoms in total. The number of benzene rings is 1. The Labute approximate surface area is 130 Å². The van der Waals surface area contributed by atoms with E-state index in [1.165, 1.54) is 16.3 Å². The van der Waals surface area contributed by atoms with Gasteiger partial charge in [-0.15, -0.1) is 11.8 Å². The zero-order valence-electron chi connectivity index (χ0n) is 11.1. The lowest BCUT2D eigenvalue weighted by Crippen LogP contribution is -2.21. The van der Waals surface area contributed by atoms with Crippen LogP contribution in [0.1, 0.15) is 0 Å². The molecule has 0 saturated heterocycles. The summed E-state index contributed by atoms with van der Waals surface area (Å²) >= 11 is 7.22. The van der Waals surface area contributed by atoms with Crippen molar-refractivity contribution in [3.8, 4) is 11.4 Å². The summed E-state index contributed by atoms with van der Waals surface area (Å²) in [5.41, 5.74) is 0.708. The van der Waals surface area contributed by atoms with Gasteiger partial charge in [0.2, 0.25) is 0 Å². The minimum atomic E-state index is -0.312. The number of nitrogens with zero attached hydrogens (tertiary/aromatic N) is 2. The summed E-state index contributed by atoms with van der Waals surface area (Å²) in [7, 11) is 0. The van der Waals surface area contributed by atoms with Gasteiger partial charge in [-0.1, -0.05) is 17.7 Å². The SMILES string of the molecule is CSc1c(O)c2cccnc2n(-c2cccc(Cl)c2)c1=O. The first kappa shape index (κ1) is 14.0. The van der Waals surface area contributed by atoms with E-state index in [9.17, 15) is 9.90 Å². The highest BCUT2D eigenvalue weighted by molar-refractivity contribution is 7.98. The van der Waals surface area contributed by atoms with E-state index in [2.05, 4.69) is 4.98 Å². The molecule has 0 unspecified atom stereocenters. The number of aromatic hydroxyl groups is 1. The number of aromatic nitrogens is 2. The van der Waals surface area contributed by atoms with Crippen molar-refractivity contribution in [1.29, 1.82) is 0 Å². The predicted octanol–water partition coefficient (Wildman–Crippen LogP) is 3.47. The lowest BCUT2D eigenvalue weighted by Gasteiger charge is -2.13. The Kier molecular flexibility index (Phi) is 3.61. The second-order valence-corrected chi connectivity index (χ2v) is 5.63. The minimum Gasteiger partial charge on any atom is -0.506 e. The molecule has 6 heteroatoms. The molecule has 2 aromatic heterocycles. The van der Waals surface area contributed by atoms with Crippen molar-refractivity contribution in [2.75, 3.05) is 6.26 Å². The van der Waals surface area contributed by atoms with E-state index in [-0.39, 0.29) is 16.2 Å². The van der Waals surface area contributed by atoms with E-state index >= 15 is 0 Å².